The fourth-order valence-corrected chi connectivity index (χ4v) is 6.30. The number of aliphatic hydroxyl groups is 1. The fourth-order valence-electron chi connectivity index (χ4n) is 5.56. The first-order valence-electron chi connectivity index (χ1n) is 18.5. The molecule has 0 saturated heterocycles. The third kappa shape index (κ3) is 32.2. The Labute approximate surface area is 273 Å². The van der Waals surface area contributed by atoms with Gasteiger partial charge in [-0.1, -0.05) is 160 Å². The van der Waals surface area contributed by atoms with Gasteiger partial charge in [0, 0.05) is 6.42 Å². The summed E-state index contributed by atoms with van der Waals surface area (Å²) in [6.45, 7) is 4.49. The van der Waals surface area contributed by atoms with Crippen molar-refractivity contribution in [3.8, 4) is 0 Å². The molecule has 0 aromatic rings. The van der Waals surface area contributed by atoms with Gasteiger partial charge in [0.25, 0.3) is 10.1 Å². The number of aliphatic hydroxyl groups excluding tert-OH is 1. The number of nitrogens with one attached hydrogen (secondary N) is 1. The number of hydrogen-bond acceptors (Lipinski definition) is 4. The van der Waals surface area contributed by atoms with E-state index in [0.717, 1.165) is 57.8 Å². The summed E-state index contributed by atoms with van der Waals surface area (Å²) in [5.41, 5.74) is 0. The maximum Gasteiger partial charge on any atom is 0.267 e. The highest BCUT2D eigenvalue weighted by molar-refractivity contribution is 7.85. The Kier molecular flexibility index (Phi) is 30.9. The second-order valence-electron chi connectivity index (χ2n) is 12.9. The van der Waals surface area contributed by atoms with Crippen LogP contribution < -0.4 is 5.32 Å². The van der Waals surface area contributed by atoms with Gasteiger partial charge in [-0.15, -0.1) is 0 Å². The van der Waals surface area contributed by atoms with Crippen molar-refractivity contribution in [2.45, 2.75) is 199 Å². The summed E-state index contributed by atoms with van der Waals surface area (Å²) < 4.78 is 32.3. The summed E-state index contributed by atoms with van der Waals surface area (Å²) in [5, 5.41) is 13.2. The van der Waals surface area contributed by atoms with Crippen LogP contribution in [0.2, 0.25) is 0 Å². The van der Waals surface area contributed by atoms with E-state index in [2.05, 4.69) is 31.3 Å². The van der Waals surface area contributed by atoms with Gasteiger partial charge >= 0.3 is 0 Å². The van der Waals surface area contributed by atoms with E-state index in [1.165, 1.54) is 109 Å². The molecule has 0 saturated carbocycles. The minimum Gasteiger partial charge on any atom is -0.387 e. The molecule has 0 heterocycles. The van der Waals surface area contributed by atoms with Gasteiger partial charge in [0.05, 0.1) is 17.9 Å². The van der Waals surface area contributed by atoms with Crippen molar-refractivity contribution in [1.82, 2.24) is 5.32 Å². The summed E-state index contributed by atoms with van der Waals surface area (Å²) in [7, 11) is -4.34. The number of unbranched alkanes of at least 4 members (excludes halogenated alkanes) is 23. The predicted octanol–water partition coefficient (Wildman–Crippen LogP) is 10.4. The number of hydrogen-bond donors (Lipinski definition) is 3. The van der Waals surface area contributed by atoms with Gasteiger partial charge in [-0.2, -0.15) is 8.42 Å². The van der Waals surface area contributed by atoms with Crippen LogP contribution in [0, 0.1) is 0 Å². The molecule has 0 aliphatic rings. The van der Waals surface area contributed by atoms with Gasteiger partial charge in [-0.25, -0.2) is 0 Å². The van der Waals surface area contributed by atoms with Gasteiger partial charge in [0.2, 0.25) is 5.91 Å². The number of carbonyl (C=O) groups excluding carboxylic acids is 1. The van der Waals surface area contributed by atoms with E-state index in [4.69, 9.17) is 0 Å². The Balaban J connectivity index is 3.99. The van der Waals surface area contributed by atoms with E-state index in [1.807, 2.05) is 6.08 Å². The molecular formula is C37H71NO5S. The van der Waals surface area contributed by atoms with E-state index < -0.39 is 28.0 Å². The monoisotopic (exact) mass is 642 g/mol. The zero-order valence-electron chi connectivity index (χ0n) is 28.8. The lowest BCUT2D eigenvalue weighted by Gasteiger charge is -2.21. The lowest BCUT2D eigenvalue weighted by molar-refractivity contribution is -0.122. The summed E-state index contributed by atoms with van der Waals surface area (Å²) in [5.74, 6) is -0.987. The average molecular weight is 642 g/mol. The molecule has 0 spiro atoms. The molecule has 1 amide bonds. The molecule has 0 bridgehead atoms. The van der Waals surface area contributed by atoms with Crippen LogP contribution in [0.25, 0.3) is 0 Å². The SMILES string of the molecule is CCCCCC/C=C\CCCCCCCC(=O)NC(CS(=O)(=O)O)C(O)/C=C/CCCCCCCCCCCCCCCC. The predicted molar refractivity (Wildman–Crippen MR) is 189 cm³/mol. The lowest BCUT2D eigenvalue weighted by Crippen LogP contribution is -2.46. The van der Waals surface area contributed by atoms with Crippen molar-refractivity contribution in [3.05, 3.63) is 24.3 Å². The van der Waals surface area contributed by atoms with E-state index in [9.17, 15) is 22.9 Å². The Hall–Kier alpha value is -1.18. The van der Waals surface area contributed by atoms with Crippen LogP contribution in [0.4, 0.5) is 0 Å². The fraction of sp³-hybridized carbons (Fsp3) is 0.865. The van der Waals surface area contributed by atoms with Crippen LogP contribution in [0.5, 0.6) is 0 Å². The summed E-state index contributed by atoms with van der Waals surface area (Å²) >= 11 is 0. The van der Waals surface area contributed by atoms with Crippen LogP contribution in [-0.2, 0) is 14.9 Å². The first kappa shape index (κ1) is 42.8. The van der Waals surface area contributed by atoms with Crippen LogP contribution in [-0.4, -0.2) is 41.9 Å². The number of amides is 1. The molecule has 260 valence electrons. The van der Waals surface area contributed by atoms with Crippen LogP contribution in [0.15, 0.2) is 24.3 Å². The van der Waals surface area contributed by atoms with E-state index >= 15 is 0 Å². The van der Waals surface area contributed by atoms with Crippen LogP contribution in [0.1, 0.15) is 187 Å². The highest BCUT2D eigenvalue weighted by Gasteiger charge is 2.24. The Bertz CT molecular complexity index is 796. The largest absolute Gasteiger partial charge is 0.387 e. The van der Waals surface area contributed by atoms with E-state index in [0.29, 0.717) is 0 Å². The lowest BCUT2D eigenvalue weighted by atomic mass is 10.0. The van der Waals surface area contributed by atoms with Crippen LogP contribution >= 0.6 is 0 Å². The van der Waals surface area contributed by atoms with E-state index in [1.54, 1.807) is 6.08 Å². The minimum atomic E-state index is -4.34. The molecule has 0 radical (unpaired) electrons. The van der Waals surface area contributed by atoms with E-state index in [-0.39, 0.29) is 12.3 Å². The molecule has 44 heavy (non-hydrogen) atoms. The molecule has 0 aromatic carbocycles. The standard InChI is InChI=1S/C37H71NO5S/c1-3-5-7-9-11-13-15-17-18-19-21-22-24-26-28-30-32-36(39)35(34-44(41,42)43)38-37(40)33-31-29-27-25-23-20-16-14-12-10-8-6-4-2/h14,16,30,32,35-36,39H,3-13,15,17-29,31,33-34H2,1-2H3,(H,38,40)(H,41,42,43)/b16-14-,32-30+. The maximum atomic E-state index is 12.4. The molecule has 0 aliphatic heterocycles. The van der Waals surface area contributed by atoms with Crippen molar-refractivity contribution in [2.75, 3.05) is 5.75 Å². The first-order chi connectivity index (χ1) is 21.3. The molecular weight excluding hydrogens is 570 g/mol. The Morgan fingerprint density at radius 3 is 1.39 bits per heavy atom. The van der Waals surface area contributed by atoms with Gasteiger partial charge in [-0.05, 0) is 44.9 Å². The molecule has 6 nitrogen and oxygen atoms in total. The van der Waals surface area contributed by atoms with Crippen molar-refractivity contribution < 1.29 is 22.9 Å². The average Bonchev–Trinajstić information content (AvgIpc) is 2.98. The first-order valence-corrected chi connectivity index (χ1v) is 20.1. The highest BCUT2D eigenvalue weighted by atomic mass is 32.2. The highest BCUT2D eigenvalue weighted by Crippen LogP contribution is 2.14. The smallest absolute Gasteiger partial charge is 0.267 e. The topological polar surface area (TPSA) is 104 Å². The second-order valence-corrected chi connectivity index (χ2v) is 14.4. The quantitative estimate of drug-likeness (QED) is 0.0376. The molecule has 0 aromatic heterocycles. The van der Waals surface area contributed by atoms with Crippen molar-refractivity contribution in [2.24, 2.45) is 0 Å². The molecule has 0 aliphatic carbocycles. The Morgan fingerprint density at radius 1 is 0.591 bits per heavy atom. The summed E-state index contributed by atoms with van der Waals surface area (Å²) in [4.78, 5) is 12.4. The van der Waals surface area contributed by atoms with Crippen molar-refractivity contribution in [1.29, 1.82) is 0 Å². The number of carbonyl (C=O) groups is 1. The van der Waals surface area contributed by atoms with Gasteiger partial charge in [0.1, 0.15) is 0 Å². The van der Waals surface area contributed by atoms with Gasteiger partial charge in [-0.3, -0.25) is 9.35 Å². The third-order valence-electron chi connectivity index (χ3n) is 8.37. The number of allylic oxidation sites excluding steroid dienone is 3. The van der Waals surface area contributed by atoms with Crippen molar-refractivity contribution >= 4 is 16.0 Å². The zero-order valence-corrected chi connectivity index (χ0v) is 29.6. The van der Waals surface area contributed by atoms with Crippen LogP contribution in [0.3, 0.4) is 0 Å². The van der Waals surface area contributed by atoms with Crippen molar-refractivity contribution in [3.63, 3.8) is 0 Å². The Morgan fingerprint density at radius 2 is 0.955 bits per heavy atom. The molecule has 2 atom stereocenters. The molecule has 0 fully saturated rings. The minimum absolute atomic E-state index is 0.287. The molecule has 3 N–H and O–H groups in total. The molecule has 7 heteroatoms. The molecule has 2 unspecified atom stereocenters. The van der Waals surface area contributed by atoms with Gasteiger partial charge in [0.15, 0.2) is 0 Å². The summed E-state index contributed by atoms with van der Waals surface area (Å²) in [6, 6.07) is -1.06. The van der Waals surface area contributed by atoms with Gasteiger partial charge < -0.3 is 10.4 Å². The third-order valence-corrected chi connectivity index (χ3v) is 9.15. The summed E-state index contributed by atoms with van der Waals surface area (Å²) in [6.07, 6.45) is 38.7. The normalized spacial score (nSPS) is 13.6. The molecule has 0 rings (SSSR count). The second kappa shape index (κ2) is 31.8. The maximum absolute atomic E-state index is 12.4. The number of rotatable bonds is 33. The zero-order chi connectivity index (χ0) is 32.6.